The topological polar surface area (TPSA) is 32.3 Å². The first-order valence-corrected chi connectivity index (χ1v) is 9.28. The molecule has 1 aromatic carbocycles. The number of aliphatic hydroxyl groups is 1. The molecule has 2 atom stereocenters. The number of rotatable bonds is 7. The van der Waals surface area contributed by atoms with Crippen LogP contribution in [-0.4, -0.2) is 29.0 Å². The van der Waals surface area contributed by atoms with Gasteiger partial charge in [-0.1, -0.05) is 24.1 Å². The predicted octanol–water partition coefficient (Wildman–Crippen LogP) is 3.76. The van der Waals surface area contributed by atoms with E-state index in [-0.39, 0.29) is 5.54 Å². The van der Waals surface area contributed by atoms with Crippen molar-refractivity contribution in [3.8, 4) is 0 Å². The molecule has 2 aliphatic carbocycles. The first-order valence-electron chi connectivity index (χ1n) is 8.30. The molecule has 2 nitrogen and oxygen atoms in total. The maximum Gasteiger partial charge on any atom is 0.0616 e. The van der Waals surface area contributed by atoms with Crippen LogP contribution in [0.1, 0.15) is 44.1 Å². The smallest absolute Gasteiger partial charge is 0.0616 e. The molecule has 0 aromatic heterocycles. The molecule has 0 spiro atoms. The van der Waals surface area contributed by atoms with E-state index in [1.54, 1.807) is 0 Å². The van der Waals surface area contributed by atoms with Crippen LogP contribution >= 0.6 is 11.8 Å². The van der Waals surface area contributed by atoms with Crippen LogP contribution in [0.3, 0.4) is 0 Å². The first-order chi connectivity index (χ1) is 10.2. The molecule has 2 fully saturated rings. The van der Waals surface area contributed by atoms with E-state index in [1.807, 2.05) is 11.8 Å². The lowest BCUT2D eigenvalue weighted by atomic mass is 9.85. The molecular formula is C18H27NOS. The Morgan fingerprint density at radius 3 is 2.90 bits per heavy atom. The minimum Gasteiger partial charge on any atom is -0.394 e. The molecule has 2 aliphatic rings. The van der Waals surface area contributed by atoms with Gasteiger partial charge in [0, 0.05) is 16.5 Å². The van der Waals surface area contributed by atoms with E-state index in [2.05, 4.69) is 36.5 Å². The third-order valence-corrected chi connectivity index (χ3v) is 6.06. The molecule has 3 heteroatoms. The van der Waals surface area contributed by atoms with Crippen LogP contribution in [0.15, 0.2) is 29.2 Å². The summed E-state index contributed by atoms with van der Waals surface area (Å²) >= 11 is 1.96. The number of aliphatic hydroxyl groups excluding tert-OH is 1. The molecule has 0 saturated heterocycles. The van der Waals surface area contributed by atoms with E-state index in [0.717, 1.165) is 12.2 Å². The molecule has 0 radical (unpaired) electrons. The lowest BCUT2D eigenvalue weighted by Gasteiger charge is -2.35. The zero-order valence-corrected chi connectivity index (χ0v) is 13.8. The van der Waals surface area contributed by atoms with Crippen molar-refractivity contribution in [2.75, 3.05) is 12.4 Å². The van der Waals surface area contributed by atoms with Crippen molar-refractivity contribution in [3.63, 3.8) is 0 Å². The van der Waals surface area contributed by atoms with Crippen LogP contribution in [0.2, 0.25) is 0 Å². The van der Waals surface area contributed by atoms with E-state index in [9.17, 15) is 5.11 Å². The van der Waals surface area contributed by atoms with Gasteiger partial charge in [0.25, 0.3) is 0 Å². The Bertz CT molecular complexity index is 474. The number of benzene rings is 1. The third kappa shape index (κ3) is 3.82. The van der Waals surface area contributed by atoms with Crippen LogP contribution in [0, 0.1) is 12.8 Å². The fourth-order valence-corrected chi connectivity index (χ4v) is 4.75. The minimum absolute atomic E-state index is 0.0222. The van der Waals surface area contributed by atoms with E-state index in [4.69, 9.17) is 0 Å². The summed E-state index contributed by atoms with van der Waals surface area (Å²) < 4.78 is 0. The van der Waals surface area contributed by atoms with Crippen LogP contribution in [0.25, 0.3) is 0 Å². The normalized spacial score (nSPS) is 29.0. The fraction of sp³-hybridized carbons (Fsp3) is 0.667. The van der Waals surface area contributed by atoms with Gasteiger partial charge in [0.1, 0.15) is 0 Å². The lowest BCUT2D eigenvalue weighted by Crippen LogP contribution is -2.52. The molecule has 2 N–H and O–H groups in total. The van der Waals surface area contributed by atoms with E-state index in [0.29, 0.717) is 18.6 Å². The molecule has 116 valence electrons. The highest BCUT2D eigenvalue weighted by Gasteiger charge is 2.44. The minimum atomic E-state index is 0.0222. The highest BCUT2D eigenvalue weighted by Crippen LogP contribution is 2.41. The van der Waals surface area contributed by atoms with Crippen LogP contribution < -0.4 is 5.32 Å². The molecule has 2 unspecified atom stereocenters. The summed E-state index contributed by atoms with van der Waals surface area (Å²) in [5, 5.41) is 13.7. The molecule has 0 amide bonds. The van der Waals surface area contributed by atoms with Crippen molar-refractivity contribution in [2.24, 2.45) is 5.92 Å². The molecule has 0 heterocycles. The largest absolute Gasteiger partial charge is 0.394 e. The van der Waals surface area contributed by atoms with E-state index >= 15 is 0 Å². The van der Waals surface area contributed by atoms with Gasteiger partial charge >= 0.3 is 0 Å². The van der Waals surface area contributed by atoms with Crippen molar-refractivity contribution >= 4 is 11.8 Å². The highest BCUT2D eigenvalue weighted by molar-refractivity contribution is 7.99. The number of nitrogens with one attached hydrogen (secondary N) is 1. The Hall–Kier alpha value is -0.510. The molecule has 21 heavy (non-hydrogen) atoms. The molecule has 3 rings (SSSR count). The van der Waals surface area contributed by atoms with Gasteiger partial charge < -0.3 is 10.4 Å². The Kier molecular flexibility index (Phi) is 4.92. The molecule has 1 aromatic rings. The standard InChI is InChI=1S/C18H27NOS/c1-14-4-2-6-17(12-14)21-11-9-15-5-3-10-18(15,13-20)19-16-7-8-16/h2,4,6,12,15-16,19-20H,3,5,7-11,13H2,1H3. The van der Waals surface area contributed by atoms with Gasteiger partial charge in [-0.15, -0.1) is 11.8 Å². The number of hydrogen-bond acceptors (Lipinski definition) is 3. The molecule has 0 aliphatic heterocycles. The second-order valence-corrected chi connectivity index (χ2v) is 7.94. The second kappa shape index (κ2) is 6.72. The Balaban J connectivity index is 1.53. The lowest BCUT2D eigenvalue weighted by molar-refractivity contribution is 0.120. The summed E-state index contributed by atoms with van der Waals surface area (Å²) in [6, 6.07) is 9.44. The van der Waals surface area contributed by atoms with Gasteiger partial charge in [0.2, 0.25) is 0 Å². The summed E-state index contributed by atoms with van der Waals surface area (Å²) in [5.41, 5.74) is 1.36. The van der Waals surface area contributed by atoms with E-state index < -0.39 is 0 Å². The summed E-state index contributed by atoms with van der Waals surface area (Å²) in [4.78, 5) is 1.37. The third-order valence-electron chi connectivity index (χ3n) is 5.03. The zero-order valence-electron chi connectivity index (χ0n) is 13.0. The number of aryl methyl sites for hydroxylation is 1. The Morgan fingerprint density at radius 2 is 2.19 bits per heavy atom. The average Bonchev–Trinajstić information content (AvgIpc) is 3.20. The summed E-state index contributed by atoms with van der Waals surface area (Å²) in [7, 11) is 0. The predicted molar refractivity (Wildman–Crippen MR) is 89.8 cm³/mol. The van der Waals surface area contributed by atoms with Crippen molar-refractivity contribution in [2.45, 2.75) is 61.9 Å². The maximum atomic E-state index is 9.95. The maximum absolute atomic E-state index is 9.95. The Labute approximate surface area is 132 Å². The van der Waals surface area contributed by atoms with Crippen LogP contribution in [0.5, 0.6) is 0 Å². The molecular weight excluding hydrogens is 278 g/mol. The number of thioether (sulfide) groups is 1. The summed E-state index contributed by atoms with van der Waals surface area (Å²) in [6.45, 7) is 2.46. The molecule has 0 bridgehead atoms. The van der Waals surface area contributed by atoms with Gasteiger partial charge in [-0.25, -0.2) is 0 Å². The fourth-order valence-electron chi connectivity index (χ4n) is 3.67. The number of hydrogen-bond donors (Lipinski definition) is 2. The van der Waals surface area contributed by atoms with Crippen molar-refractivity contribution in [1.29, 1.82) is 0 Å². The van der Waals surface area contributed by atoms with Crippen LogP contribution in [-0.2, 0) is 0 Å². The van der Waals surface area contributed by atoms with E-state index in [1.165, 1.54) is 42.6 Å². The quantitative estimate of drug-likeness (QED) is 0.752. The second-order valence-electron chi connectivity index (χ2n) is 6.78. The Morgan fingerprint density at radius 1 is 1.33 bits per heavy atom. The molecule has 2 saturated carbocycles. The zero-order chi connectivity index (χ0) is 14.7. The van der Waals surface area contributed by atoms with Gasteiger partial charge in [0.05, 0.1) is 6.61 Å². The van der Waals surface area contributed by atoms with Gasteiger partial charge in [-0.05, 0) is 62.8 Å². The first kappa shape index (κ1) is 15.4. The summed E-state index contributed by atoms with van der Waals surface area (Å²) in [5.74, 6) is 1.79. The monoisotopic (exact) mass is 305 g/mol. The van der Waals surface area contributed by atoms with Crippen LogP contribution in [0.4, 0.5) is 0 Å². The highest BCUT2D eigenvalue weighted by atomic mass is 32.2. The van der Waals surface area contributed by atoms with Crippen molar-refractivity contribution in [3.05, 3.63) is 29.8 Å². The SMILES string of the molecule is Cc1cccc(SCCC2CCCC2(CO)NC2CC2)c1. The van der Waals surface area contributed by atoms with Gasteiger partial charge in [-0.3, -0.25) is 0 Å². The van der Waals surface area contributed by atoms with Crippen molar-refractivity contribution < 1.29 is 5.11 Å². The van der Waals surface area contributed by atoms with Gasteiger partial charge in [0.15, 0.2) is 0 Å². The average molecular weight is 305 g/mol. The van der Waals surface area contributed by atoms with Crippen molar-refractivity contribution in [1.82, 2.24) is 5.32 Å². The summed E-state index contributed by atoms with van der Waals surface area (Å²) in [6.07, 6.45) is 7.49. The van der Waals surface area contributed by atoms with Gasteiger partial charge in [-0.2, -0.15) is 0 Å².